The van der Waals surface area contributed by atoms with Crippen molar-refractivity contribution < 1.29 is 14.7 Å². The van der Waals surface area contributed by atoms with E-state index in [0.717, 1.165) is 11.3 Å². The SMILES string of the molecule is CC(C)NC(=O)Nc1ccsc1C(=O)O. The number of anilines is 1. The van der Waals surface area contributed by atoms with Crippen LogP contribution in [0.1, 0.15) is 23.5 Å². The van der Waals surface area contributed by atoms with E-state index >= 15 is 0 Å². The maximum atomic E-state index is 11.3. The molecule has 82 valence electrons. The summed E-state index contributed by atoms with van der Waals surface area (Å²) in [6, 6.07) is 1.18. The van der Waals surface area contributed by atoms with Crippen molar-refractivity contribution in [3.05, 3.63) is 16.3 Å². The highest BCUT2D eigenvalue weighted by Gasteiger charge is 2.13. The molecule has 0 atom stereocenters. The van der Waals surface area contributed by atoms with E-state index in [4.69, 9.17) is 5.11 Å². The van der Waals surface area contributed by atoms with E-state index in [1.165, 1.54) is 0 Å². The topological polar surface area (TPSA) is 78.4 Å². The van der Waals surface area contributed by atoms with Crippen molar-refractivity contribution in [1.29, 1.82) is 0 Å². The third kappa shape index (κ3) is 3.25. The maximum Gasteiger partial charge on any atom is 0.348 e. The molecule has 0 fully saturated rings. The molecule has 0 aromatic carbocycles. The normalized spacial score (nSPS) is 10.1. The van der Waals surface area contributed by atoms with Crippen molar-refractivity contribution in [2.75, 3.05) is 5.32 Å². The van der Waals surface area contributed by atoms with Crippen LogP contribution >= 0.6 is 11.3 Å². The van der Waals surface area contributed by atoms with Crippen molar-refractivity contribution in [3.8, 4) is 0 Å². The fraction of sp³-hybridized carbons (Fsp3) is 0.333. The van der Waals surface area contributed by atoms with E-state index < -0.39 is 12.0 Å². The highest BCUT2D eigenvalue weighted by atomic mass is 32.1. The summed E-state index contributed by atoms with van der Waals surface area (Å²) < 4.78 is 0. The van der Waals surface area contributed by atoms with E-state index in [1.807, 2.05) is 13.8 Å². The second kappa shape index (κ2) is 4.79. The average Bonchev–Trinajstić information content (AvgIpc) is 2.50. The summed E-state index contributed by atoms with van der Waals surface area (Å²) in [6.07, 6.45) is 0. The fourth-order valence-electron chi connectivity index (χ4n) is 0.994. The van der Waals surface area contributed by atoms with E-state index in [2.05, 4.69) is 10.6 Å². The van der Waals surface area contributed by atoms with E-state index in [1.54, 1.807) is 11.4 Å². The van der Waals surface area contributed by atoms with Gasteiger partial charge >= 0.3 is 12.0 Å². The highest BCUT2D eigenvalue weighted by molar-refractivity contribution is 7.12. The van der Waals surface area contributed by atoms with Crippen LogP contribution in [0.15, 0.2) is 11.4 Å². The lowest BCUT2D eigenvalue weighted by molar-refractivity contribution is 0.0703. The molecular formula is C9H12N2O3S. The van der Waals surface area contributed by atoms with Gasteiger partial charge in [0.15, 0.2) is 0 Å². The van der Waals surface area contributed by atoms with Crippen LogP contribution in [0.2, 0.25) is 0 Å². The van der Waals surface area contributed by atoms with Crippen LogP contribution < -0.4 is 10.6 Å². The Morgan fingerprint density at radius 1 is 1.47 bits per heavy atom. The molecule has 0 saturated carbocycles. The van der Waals surface area contributed by atoms with Gasteiger partial charge in [-0.2, -0.15) is 0 Å². The number of amides is 2. The molecule has 0 spiro atoms. The number of thiophene rings is 1. The fourth-order valence-corrected chi connectivity index (χ4v) is 1.68. The van der Waals surface area contributed by atoms with Crippen molar-refractivity contribution in [3.63, 3.8) is 0 Å². The number of carbonyl (C=O) groups is 2. The summed E-state index contributed by atoms with van der Waals surface area (Å²) in [4.78, 5) is 22.1. The molecule has 2 amide bonds. The number of hydrogen-bond donors (Lipinski definition) is 3. The average molecular weight is 228 g/mol. The molecule has 0 aliphatic carbocycles. The zero-order chi connectivity index (χ0) is 11.4. The minimum Gasteiger partial charge on any atom is -0.477 e. The molecule has 5 nitrogen and oxygen atoms in total. The van der Waals surface area contributed by atoms with E-state index in [0.29, 0.717) is 5.69 Å². The Kier molecular flexibility index (Phi) is 3.68. The predicted molar refractivity (Wildman–Crippen MR) is 58.6 cm³/mol. The Morgan fingerprint density at radius 3 is 2.67 bits per heavy atom. The van der Waals surface area contributed by atoms with Gasteiger partial charge in [-0.05, 0) is 25.3 Å². The van der Waals surface area contributed by atoms with Crippen molar-refractivity contribution in [2.45, 2.75) is 19.9 Å². The summed E-state index contributed by atoms with van der Waals surface area (Å²) in [6.45, 7) is 3.65. The van der Waals surface area contributed by atoms with Gasteiger partial charge in [0.05, 0.1) is 5.69 Å². The minimum atomic E-state index is -1.04. The van der Waals surface area contributed by atoms with Gasteiger partial charge in [0.25, 0.3) is 0 Å². The van der Waals surface area contributed by atoms with Crippen LogP contribution in [-0.4, -0.2) is 23.1 Å². The monoisotopic (exact) mass is 228 g/mol. The van der Waals surface area contributed by atoms with E-state index in [9.17, 15) is 9.59 Å². The number of urea groups is 1. The molecule has 1 aromatic rings. The van der Waals surface area contributed by atoms with Gasteiger partial charge in [-0.25, -0.2) is 9.59 Å². The van der Waals surface area contributed by atoms with Gasteiger partial charge in [-0.1, -0.05) is 0 Å². The van der Waals surface area contributed by atoms with Crippen LogP contribution in [0.25, 0.3) is 0 Å². The molecule has 1 rings (SSSR count). The largest absolute Gasteiger partial charge is 0.477 e. The summed E-state index contributed by atoms with van der Waals surface area (Å²) in [5.41, 5.74) is 0.325. The second-order valence-electron chi connectivity index (χ2n) is 3.22. The number of aromatic carboxylic acids is 1. The standard InChI is InChI=1S/C9H12N2O3S/c1-5(2)10-9(14)11-6-3-4-15-7(6)8(12)13/h3-5H,1-2H3,(H,12,13)(H2,10,11,14). The van der Waals surface area contributed by atoms with Gasteiger partial charge in [0.2, 0.25) is 0 Å². The number of hydrogen-bond acceptors (Lipinski definition) is 3. The first-order chi connectivity index (χ1) is 7.00. The quantitative estimate of drug-likeness (QED) is 0.740. The Hall–Kier alpha value is -1.56. The molecule has 0 radical (unpaired) electrons. The summed E-state index contributed by atoms with van der Waals surface area (Å²) in [7, 11) is 0. The molecule has 0 bridgehead atoms. The highest BCUT2D eigenvalue weighted by Crippen LogP contribution is 2.21. The van der Waals surface area contributed by atoms with Crippen LogP contribution in [0, 0.1) is 0 Å². The Morgan fingerprint density at radius 2 is 2.13 bits per heavy atom. The number of carboxylic acids is 1. The molecule has 0 aliphatic heterocycles. The molecule has 0 aliphatic rings. The Labute approximate surface area is 91.1 Å². The summed E-state index contributed by atoms with van der Waals surface area (Å²) >= 11 is 1.08. The predicted octanol–water partition coefficient (Wildman–Crippen LogP) is 1.98. The lowest BCUT2D eigenvalue weighted by atomic mass is 10.4. The molecule has 0 saturated heterocycles. The van der Waals surface area contributed by atoms with Crippen LogP contribution in [0.3, 0.4) is 0 Å². The Bertz CT molecular complexity index is 373. The van der Waals surface area contributed by atoms with Gasteiger partial charge in [0, 0.05) is 6.04 Å². The lowest BCUT2D eigenvalue weighted by Crippen LogP contribution is -2.34. The molecule has 1 heterocycles. The van der Waals surface area contributed by atoms with Crippen molar-refractivity contribution in [2.24, 2.45) is 0 Å². The number of rotatable bonds is 3. The number of carbonyl (C=O) groups excluding carboxylic acids is 1. The van der Waals surface area contributed by atoms with E-state index in [-0.39, 0.29) is 10.9 Å². The third-order valence-electron chi connectivity index (χ3n) is 1.53. The smallest absolute Gasteiger partial charge is 0.348 e. The third-order valence-corrected chi connectivity index (χ3v) is 2.43. The zero-order valence-corrected chi connectivity index (χ0v) is 9.22. The van der Waals surface area contributed by atoms with Crippen LogP contribution in [-0.2, 0) is 0 Å². The number of carboxylic acid groups (broad SMARTS) is 1. The van der Waals surface area contributed by atoms with Gasteiger partial charge in [0.1, 0.15) is 4.88 Å². The van der Waals surface area contributed by atoms with Gasteiger partial charge in [-0.3, -0.25) is 0 Å². The molecular weight excluding hydrogens is 216 g/mol. The lowest BCUT2D eigenvalue weighted by Gasteiger charge is -2.09. The van der Waals surface area contributed by atoms with Gasteiger partial charge in [-0.15, -0.1) is 11.3 Å². The van der Waals surface area contributed by atoms with Crippen LogP contribution in [0.4, 0.5) is 10.5 Å². The molecule has 6 heteroatoms. The Balaban J connectivity index is 2.68. The molecule has 0 unspecified atom stereocenters. The maximum absolute atomic E-state index is 11.3. The summed E-state index contributed by atoms with van der Waals surface area (Å²) in [5.74, 6) is -1.04. The van der Waals surface area contributed by atoms with Gasteiger partial charge < -0.3 is 15.7 Å². The molecule has 3 N–H and O–H groups in total. The first kappa shape index (κ1) is 11.5. The minimum absolute atomic E-state index is 0.0110. The second-order valence-corrected chi connectivity index (χ2v) is 4.14. The molecule has 1 aromatic heterocycles. The number of nitrogens with one attached hydrogen (secondary N) is 2. The van der Waals surface area contributed by atoms with Crippen molar-refractivity contribution in [1.82, 2.24) is 5.32 Å². The first-order valence-corrected chi connectivity index (χ1v) is 5.27. The summed E-state index contributed by atoms with van der Waals surface area (Å²) in [5, 5.41) is 15.5. The first-order valence-electron chi connectivity index (χ1n) is 4.39. The molecule has 15 heavy (non-hydrogen) atoms. The van der Waals surface area contributed by atoms with Crippen molar-refractivity contribution >= 4 is 29.0 Å². The van der Waals surface area contributed by atoms with Crippen LogP contribution in [0.5, 0.6) is 0 Å². The zero-order valence-electron chi connectivity index (χ0n) is 8.40.